The van der Waals surface area contributed by atoms with E-state index in [4.69, 9.17) is 5.11 Å². The van der Waals surface area contributed by atoms with Crippen LogP contribution in [0.4, 0.5) is 0 Å². The molecular weight excluding hydrogens is 282 g/mol. The van der Waals surface area contributed by atoms with Crippen LogP contribution in [-0.4, -0.2) is 33.3 Å². The lowest BCUT2D eigenvalue weighted by molar-refractivity contribution is -0.127. The predicted molar refractivity (Wildman–Crippen MR) is 84.6 cm³/mol. The van der Waals surface area contributed by atoms with Gasteiger partial charge in [-0.15, -0.1) is 0 Å². The van der Waals surface area contributed by atoms with Gasteiger partial charge in [0.15, 0.2) is 5.69 Å². The van der Waals surface area contributed by atoms with Gasteiger partial charge in [0.2, 0.25) is 5.91 Å². The van der Waals surface area contributed by atoms with Crippen molar-refractivity contribution in [1.29, 1.82) is 0 Å². The normalized spacial score (nSPS) is 13.2. The average molecular weight is 309 g/mol. The number of carboxylic acids is 1. The molecule has 6 nitrogen and oxygen atoms in total. The van der Waals surface area contributed by atoms with Gasteiger partial charge in [0.05, 0.1) is 6.54 Å². The smallest absolute Gasteiger partial charge is 0.356 e. The number of nitrogens with one attached hydrogen (secondary N) is 1. The summed E-state index contributed by atoms with van der Waals surface area (Å²) in [6.45, 7) is 11.4. The second kappa shape index (κ2) is 7.42. The van der Waals surface area contributed by atoms with Crippen LogP contribution in [0.15, 0.2) is 12.3 Å². The van der Waals surface area contributed by atoms with Crippen molar-refractivity contribution in [2.75, 3.05) is 6.54 Å². The lowest BCUT2D eigenvalue weighted by atomic mass is 9.79. The summed E-state index contributed by atoms with van der Waals surface area (Å²) >= 11 is 0. The van der Waals surface area contributed by atoms with E-state index in [9.17, 15) is 9.59 Å². The third-order valence-corrected chi connectivity index (χ3v) is 3.47. The number of carbonyl (C=O) groups excluding carboxylic acids is 1. The van der Waals surface area contributed by atoms with Crippen molar-refractivity contribution in [2.24, 2.45) is 17.3 Å². The lowest BCUT2D eigenvalue weighted by Crippen LogP contribution is -2.37. The van der Waals surface area contributed by atoms with E-state index in [0.717, 1.165) is 6.42 Å². The Labute approximate surface area is 131 Å². The van der Waals surface area contributed by atoms with Gasteiger partial charge in [-0.05, 0) is 23.8 Å². The number of nitrogens with zero attached hydrogens (tertiary/aromatic N) is 2. The van der Waals surface area contributed by atoms with Gasteiger partial charge < -0.3 is 10.4 Å². The van der Waals surface area contributed by atoms with Gasteiger partial charge >= 0.3 is 5.97 Å². The molecule has 0 fully saturated rings. The van der Waals surface area contributed by atoms with Gasteiger partial charge in [-0.2, -0.15) is 5.10 Å². The average Bonchev–Trinajstić information content (AvgIpc) is 2.83. The maximum absolute atomic E-state index is 12.3. The Balaban J connectivity index is 2.50. The van der Waals surface area contributed by atoms with Crippen LogP contribution in [-0.2, 0) is 11.3 Å². The van der Waals surface area contributed by atoms with Gasteiger partial charge in [0, 0.05) is 18.7 Å². The van der Waals surface area contributed by atoms with Crippen LogP contribution >= 0.6 is 0 Å². The first kappa shape index (κ1) is 18.2. The molecule has 0 aliphatic heterocycles. The Hall–Kier alpha value is -1.85. The number of hydrogen-bond donors (Lipinski definition) is 2. The van der Waals surface area contributed by atoms with Gasteiger partial charge in [0.1, 0.15) is 0 Å². The Morgan fingerprint density at radius 2 is 2.00 bits per heavy atom. The quantitative estimate of drug-likeness (QED) is 0.810. The molecule has 6 heteroatoms. The van der Waals surface area contributed by atoms with Crippen LogP contribution in [0.1, 0.15) is 51.5 Å². The number of amides is 1. The molecule has 0 aliphatic rings. The monoisotopic (exact) mass is 309 g/mol. The summed E-state index contributed by atoms with van der Waals surface area (Å²) in [5.41, 5.74) is 0.115. The number of carboxylic acid groups (broad SMARTS) is 1. The molecule has 1 aromatic heterocycles. The molecule has 22 heavy (non-hydrogen) atoms. The van der Waals surface area contributed by atoms with Crippen molar-refractivity contribution in [3.05, 3.63) is 18.0 Å². The topological polar surface area (TPSA) is 84.2 Å². The molecule has 0 radical (unpaired) electrons. The number of aromatic carboxylic acids is 1. The fraction of sp³-hybridized carbons (Fsp3) is 0.688. The Morgan fingerprint density at radius 3 is 2.45 bits per heavy atom. The molecule has 2 N–H and O–H groups in total. The fourth-order valence-electron chi connectivity index (χ4n) is 2.32. The maximum atomic E-state index is 12.3. The number of carbonyl (C=O) groups is 2. The number of rotatable bonds is 7. The second-order valence-corrected chi connectivity index (χ2v) is 7.18. The van der Waals surface area contributed by atoms with E-state index >= 15 is 0 Å². The first-order valence-corrected chi connectivity index (χ1v) is 7.64. The fourth-order valence-corrected chi connectivity index (χ4v) is 2.32. The van der Waals surface area contributed by atoms with Crippen LogP contribution in [0.3, 0.4) is 0 Å². The summed E-state index contributed by atoms with van der Waals surface area (Å²) in [6, 6.07) is 1.45. The van der Waals surface area contributed by atoms with Crippen LogP contribution in [0.5, 0.6) is 0 Å². The molecule has 1 rings (SSSR count). The van der Waals surface area contributed by atoms with Gasteiger partial charge in [0.25, 0.3) is 0 Å². The SMILES string of the molecule is CC(C)C(CC(C)(C)C)C(=O)NCCn1ccc(C(=O)O)n1. The number of hydrogen-bond acceptors (Lipinski definition) is 3. The molecule has 1 unspecified atom stereocenters. The molecule has 1 atom stereocenters. The molecule has 1 aromatic rings. The number of aromatic nitrogens is 2. The minimum atomic E-state index is -1.05. The molecule has 0 spiro atoms. The van der Waals surface area contributed by atoms with Crippen LogP contribution in [0.25, 0.3) is 0 Å². The molecule has 0 saturated heterocycles. The largest absolute Gasteiger partial charge is 0.476 e. The molecule has 124 valence electrons. The highest BCUT2D eigenvalue weighted by atomic mass is 16.4. The standard InChI is InChI=1S/C16H27N3O3/c1-11(2)12(10-16(3,4)5)14(20)17-7-9-19-8-6-13(18-19)15(21)22/h6,8,11-12H,7,9-10H2,1-5H3,(H,17,20)(H,21,22). The van der Waals surface area contributed by atoms with Crippen LogP contribution in [0.2, 0.25) is 0 Å². The summed E-state index contributed by atoms with van der Waals surface area (Å²) in [4.78, 5) is 23.1. The van der Waals surface area contributed by atoms with Crippen LogP contribution < -0.4 is 5.32 Å². The zero-order valence-electron chi connectivity index (χ0n) is 14.1. The second-order valence-electron chi connectivity index (χ2n) is 7.18. The highest BCUT2D eigenvalue weighted by Gasteiger charge is 2.27. The molecule has 0 bridgehead atoms. The third-order valence-electron chi connectivity index (χ3n) is 3.47. The van der Waals surface area contributed by atoms with E-state index in [1.807, 2.05) is 0 Å². The first-order chi connectivity index (χ1) is 10.1. The van der Waals surface area contributed by atoms with Crippen molar-refractivity contribution in [3.63, 3.8) is 0 Å². The first-order valence-electron chi connectivity index (χ1n) is 7.64. The zero-order valence-corrected chi connectivity index (χ0v) is 14.1. The Morgan fingerprint density at radius 1 is 1.36 bits per heavy atom. The van der Waals surface area contributed by atoms with Gasteiger partial charge in [-0.25, -0.2) is 4.79 Å². The van der Waals surface area contributed by atoms with E-state index in [1.165, 1.54) is 10.7 Å². The van der Waals surface area contributed by atoms with Crippen molar-refractivity contribution in [3.8, 4) is 0 Å². The van der Waals surface area contributed by atoms with E-state index in [0.29, 0.717) is 13.1 Å². The van der Waals surface area contributed by atoms with E-state index < -0.39 is 5.97 Å². The Bertz CT molecular complexity index is 515. The highest BCUT2D eigenvalue weighted by molar-refractivity contribution is 5.85. The third kappa shape index (κ3) is 5.87. The summed E-state index contributed by atoms with van der Waals surface area (Å²) in [6.07, 6.45) is 2.44. The molecule has 0 saturated carbocycles. The summed E-state index contributed by atoms with van der Waals surface area (Å²) in [7, 11) is 0. The van der Waals surface area contributed by atoms with E-state index in [2.05, 4.69) is 45.0 Å². The predicted octanol–water partition coefficient (Wildman–Crippen LogP) is 2.41. The van der Waals surface area contributed by atoms with Crippen LogP contribution in [0, 0.1) is 17.3 Å². The summed E-state index contributed by atoms with van der Waals surface area (Å²) in [5.74, 6) is -0.738. The van der Waals surface area contributed by atoms with E-state index in [1.54, 1.807) is 6.20 Å². The highest BCUT2D eigenvalue weighted by Crippen LogP contribution is 2.28. The van der Waals surface area contributed by atoms with Crippen molar-refractivity contribution < 1.29 is 14.7 Å². The molecule has 1 heterocycles. The summed E-state index contributed by atoms with van der Waals surface area (Å²) < 4.78 is 1.53. The molecular formula is C16H27N3O3. The minimum absolute atomic E-state index is 0.0131. The molecule has 1 amide bonds. The van der Waals surface area contributed by atoms with Crippen molar-refractivity contribution in [1.82, 2.24) is 15.1 Å². The molecule has 0 aromatic carbocycles. The Kier molecular flexibility index (Phi) is 6.14. The zero-order chi connectivity index (χ0) is 16.9. The van der Waals surface area contributed by atoms with Crippen molar-refractivity contribution in [2.45, 2.75) is 47.6 Å². The molecule has 0 aliphatic carbocycles. The van der Waals surface area contributed by atoms with Crippen molar-refractivity contribution >= 4 is 11.9 Å². The minimum Gasteiger partial charge on any atom is -0.476 e. The van der Waals surface area contributed by atoms with Gasteiger partial charge in [-0.3, -0.25) is 9.48 Å². The maximum Gasteiger partial charge on any atom is 0.356 e. The lowest BCUT2D eigenvalue weighted by Gasteiger charge is -2.27. The van der Waals surface area contributed by atoms with Gasteiger partial charge in [-0.1, -0.05) is 34.6 Å². The van der Waals surface area contributed by atoms with E-state index in [-0.39, 0.29) is 28.9 Å². The summed E-state index contributed by atoms with van der Waals surface area (Å²) in [5, 5.41) is 15.6.